The highest BCUT2D eigenvalue weighted by atomic mass is 32.2. The number of nitrogens with one attached hydrogen (secondary N) is 1. The summed E-state index contributed by atoms with van der Waals surface area (Å²) >= 11 is 0. The molecule has 0 spiro atoms. The molecule has 50 valence electrons. The minimum atomic E-state index is -1.10. The summed E-state index contributed by atoms with van der Waals surface area (Å²) in [6, 6.07) is 3.78. The minimum absolute atomic E-state index is 0.533. The summed E-state index contributed by atoms with van der Waals surface area (Å²) in [7, 11) is -0.533. The maximum absolute atomic E-state index is 8.58. The molecular formula is C6H5N3S. The Kier molecular flexibility index (Phi) is 1.48. The summed E-state index contributed by atoms with van der Waals surface area (Å²) in [4.78, 5) is -1.10. The molecule has 0 aromatic rings. The lowest BCUT2D eigenvalue weighted by atomic mass is 10.4. The lowest BCUT2D eigenvalue weighted by Crippen LogP contribution is -2.32. The molecule has 0 amide bonds. The molecule has 1 aliphatic heterocycles. The van der Waals surface area contributed by atoms with E-state index < -0.39 is 15.4 Å². The van der Waals surface area contributed by atoms with E-state index in [4.69, 9.17) is 10.5 Å². The van der Waals surface area contributed by atoms with Crippen LogP contribution in [0.2, 0.25) is 0 Å². The number of rotatable bonds is 0. The third-order valence-corrected chi connectivity index (χ3v) is 2.78. The zero-order valence-corrected chi connectivity index (χ0v) is 5.98. The van der Waals surface area contributed by atoms with Gasteiger partial charge in [-0.05, 0) is 5.41 Å². The van der Waals surface area contributed by atoms with Gasteiger partial charge >= 0.3 is 0 Å². The van der Waals surface area contributed by atoms with Gasteiger partial charge in [0, 0.05) is 6.20 Å². The molecule has 0 radical (unpaired) electrons. The van der Waals surface area contributed by atoms with Crippen LogP contribution >= 0.6 is 10.5 Å². The van der Waals surface area contributed by atoms with Crippen molar-refractivity contribution in [3.05, 3.63) is 11.6 Å². The van der Waals surface area contributed by atoms with Crippen LogP contribution in [-0.4, -0.2) is 10.7 Å². The maximum atomic E-state index is 8.58. The first-order valence-corrected chi connectivity index (χ1v) is 4.00. The predicted molar refractivity (Wildman–Crippen MR) is 40.9 cm³/mol. The highest BCUT2D eigenvalue weighted by molar-refractivity contribution is 8.18. The van der Waals surface area contributed by atoms with E-state index in [0.29, 0.717) is 0 Å². The van der Waals surface area contributed by atoms with Crippen molar-refractivity contribution in [2.45, 2.75) is 4.87 Å². The Labute approximate surface area is 61.5 Å². The molecule has 0 aromatic carbocycles. The van der Waals surface area contributed by atoms with Crippen LogP contribution in [0.5, 0.6) is 0 Å². The average Bonchev–Trinajstić information content (AvgIpc) is 2.32. The van der Waals surface area contributed by atoms with Gasteiger partial charge in [-0.25, -0.2) is 0 Å². The normalized spacial score (nSPS) is 26.4. The first-order valence-electron chi connectivity index (χ1n) is 2.55. The van der Waals surface area contributed by atoms with Crippen LogP contribution in [0.4, 0.5) is 0 Å². The summed E-state index contributed by atoms with van der Waals surface area (Å²) in [5.41, 5.74) is 0. The molecule has 0 aromatic heterocycles. The molecular weight excluding hydrogens is 146 g/mol. The smallest absolute Gasteiger partial charge is 0.257 e. The molecule has 0 bridgehead atoms. The van der Waals surface area contributed by atoms with E-state index in [9.17, 15) is 0 Å². The fourth-order valence-electron chi connectivity index (χ4n) is 0.618. The van der Waals surface area contributed by atoms with Gasteiger partial charge in [-0.3, -0.25) is 0 Å². The summed E-state index contributed by atoms with van der Waals surface area (Å²) in [6.45, 7) is 0. The lowest BCUT2D eigenvalue weighted by molar-refractivity contribution is 0.819. The zero-order chi connectivity index (χ0) is 7.61. The fraction of sp³-hybridized carbons (Fsp3) is 0.167. The Morgan fingerprint density at radius 2 is 2.10 bits per heavy atom. The van der Waals surface area contributed by atoms with Crippen molar-refractivity contribution in [3.63, 3.8) is 0 Å². The standard InChI is InChI=1S/C6H5N3S/c1-10-3-2-9-6(10,4-7)5-8/h2-3,9H,1H2. The van der Waals surface area contributed by atoms with Gasteiger partial charge in [0.1, 0.15) is 12.1 Å². The molecule has 1 rings (SSSR count). The average molecular weight is 151 g/mol. The van der Waals surface area contributed by atoms with Crippen molar-refractivity contribution in [1.82, 2.24) is 5.32 Å². The molecule has 1 unspecified atom stereocenters. The monoisotopic (exact) mass is 151 g/mol. The summed E-state index contributed by atoms with van der Waals surface area (Å²) in [5.74, 6) is 3.67. The van der Waals surface area contributed by atoms with E-state index in [-0.39, 0.29) is 0 Å². The van der Waals surface area contributed by atoms with Crippen LogP contribution in [-0.2, 0) is 0 Å². The highest BCUT2D eigenvalue weighted by Crippen LogP contribution is 2.32. The summed E-state index contributed by atoms with van der Waals surface area (Å²) in [6.07, 6.45) is 1.60. The van der Waals surface area contributed by atoms with Crippen LogP contribution in [0.25, 0.3) is 0 Å². The van der Waals surface area contributed by atoms with Gasteiger partial charge in [0.15, 0.2) is 0 Å². The van der Waals surface area contributed by atoms with E-state index >= 15 is 0 Å². The molecule has 10 heavy (non-hydrogen) atoms. The number of nitriles is 2. The maximum Gasteiger partial charge on any atom is 0.257 e. The largest absolute Gasteiger partial charge is 0.353 e. The van der Waals surface area contributed by atoms with Crippen molar-refractivity contribution in [1.29, 1.82) is 10.5 Å². The van der Waals surface area contributed by atoms with Crippen molar-refractivity contribution in [2.24, 2.45) is 0 Å². The lowest BCUT2D eigenvalue weighted by Gasteiger charge is -2.12. The Balaban J connectivity index is 3.05. The van der Waals surface area contributed by atoms with Crippen LogP contribution in [0.15, 0.2) is 11.6 Å². The van der Waals surface area contributed by atoms with E-state index in [1.165, 1.54) is 0 Å². The molecule has 0 saturated carbocycles. The molecule has 0 fully saturated rings. The molecule has 0 saturated heterocycles. The second-order valence-corrected chi connectivity index (χ2v) is 3.52. The molecule has 3 nitrogen and oxygen atoms in total. The quantitative estimate of drug-likeness (QED) is 0.513. The van der Waals surface area contributed by atoms with Gasteiger partial charge in [-0.2, -0.15) is 10.5 Å². The van der Waals surface area contributed by atoms with Crippen molar-refractivity contribution in [3.8, 4) is 12.1 Å². The highest BCUT2D eigenvalue weighted by Gasteiger charge is 2.33. The van der Waals surface area contributed by atoms with Gasteiger partial charge in [0.05, 0.1) is 0 Å². The summed E-state index contributed by atoms with van der Waals surface area (Å²) < 4.78 is 0. The molecule has 0 aliphatic carbocycles. The fourth-order valence-corrected chi connectivity index (χ4v) is 1.51. The predicted octanol–water partition coefficient (Wildman–Crippen LogP) is 0.505. The molecule has 1 N–H and O–H groups in total. The zero-order valence-electron chi connectivity index (χ0n) is 5.16. The van der Waals surface area contributed by atoms with Crippen molar-refractivity contribution >= 4 is 16.4 Å². The van der Waals surface area contributed by atoms with Gasteiger partial charge in [-0.15, -0.1) is 10.5 Å². The third kappa shape index (κ3) is 0.706. The van der Waals surface area contributed by atoms with E-state index in [0.717, 1.165) is 0 Å². The van der Waals surface area contributed by atoms with E-state index in [1.54, 1.807) is 11.6 Å². The minimum Gasteiger partial charge on any atom is -0.353 e. The van der Waals surface area contributed by atoms with Crippen LogP contribution < -0.4 is 5.32 Å². The Morgan fingerprint density at radius 3 is 2.30 bits per heavy atom. The van der Waals surface area contributed by atoms with E-state index in [1.807, 2.05) is 12.1 Å². The second-order valence-electron chi connectivity index (χ2n) is 1.78. The van der Waals surface area contributed by atoms with E-state index in [2.05, 4.69) is 11.2 Å². The van der Waals surface area contributed by atoms with Gasteiger partial charge in [0.25, 0.3) is 4.87 Å². The SMILES string of the molecule is C=S1C=CNC1(C#N)C#N. The second kappa shape index (κ2) is 2.17. The molecule has 1 atom stereocenters. The molecule has 4 heteroatoms. The van der Waals surface area contributed by atoms with Crippen molar-refractivity contribution < 1.29 is 0 Å². The number of hydrogen-bond donors (Lipinski definition) is 1. The first kappa shape index (κ1) is 6.85. The topological polar surface area (TPSA) is 59.6 Å². The Bertz CT molecular complexity index is 264. The van der Waals surface area contributed by atoms with Gasteiger partial charge in [-0.1, -0.05) is 5.87 Å². The Morgan fingerprint density at radius 1 is 1.50 bits per heavy atom. The Hall–Kier alpha value is -1.26. The summed E-state index contributed by atoms with van der Waals surface area (Å²) in [5, 5.41) is 21.6. The third-order valence-electron chi connectivity index (χ3n) is 1.23. The number of hydrogen-bond acceptors (Lipinski definition) is 3. The van der Waals surface area contributed by atoms with Crippen molar-refractivity contribution in [2.75, 3.05) is 0 Å². The van der Waals surface area contributed by atoms with Gasteiger partial charge < -0.3 is 5.32 Å². The van der Waals surface area contributed by atoms with Crippen LogP contribution in [0.3, 0.4) is 0 Å². The van der Waals surface area contributed by atoms with Gasteiger partial charge in [0.2, 0.25) is 0 Å². The first-order chi connectivity index (χ1) is 4.75. The molecule has 1 aliphatic rings. The number of nitrogens with zero attached hydrogens (tertiary/aromatic N) is 2. The van der Waals surface area contributed by atoms with Crippen LogP contribution in [0.1, 0.15) is 0 Å². The van der Waals surface area contributed by atoms with Crippen LogP contribution in [0, 0.1) is 22.7 Å². The molecule has 1 heterocycles.